The van der Waals surface area contributed by atoms with E-state index in [0.717, 1.165) is 5.56 Å². The molecule has 0 bridgehead atoms. The second-order valence-corrected chi connectivity index (χ2v) is 7.91. The molecule has 0 saturated heterocycles. The van der Waals surface area contributed by atoms with Crippen LogP contribution >= 0.6 is 11.6 Å². The van der Waals surface area contributed by atoms with Crippen molar-refractivity contribution in [3.05, 3.63) is 88.6 Å². The molecule has 0 unspecified atom stereocenters. The first-order valence-corrected chi connectivity index (χ1v) is 10.5. The van der Waals surface area contributed by atoms with Crippen LogP contribution < -0.4 is 19.7 Å². The van der Waals surface area contributed by atoms with Gasteiger partial charge in [0.25, 0.3) is 11.8 Å². The zero-order valence-corrected chi connectivity index (χ0v) is 18.0. The fourth-order valence-electron chi connectivity index (χ4n) is 3.87. The van der Waals surface area contributed by atoms with E-state index in [0.29, 0.717) is 52.2 Å². The van der Waals surface area contributed by atoms with E-state index in [1.165, 1.54) is 4.90 Å². The number of fused-ring (bicyclic) bond motifs is 1. The molecule has 32 heavy (non-hydrogen) atoms. The van der Waals surface area contributed by atoms with E-state index in [4.69, 9.17) is 21.1 Å². The van der Waals surface area contributed by atoms with Gasteiger partial charge in [-0.1, -0.05) is 41.9 Å². The lowest BCUT2D eigenvalue weighted by Gasteiger charge is -2.20. The molecule has 2 aliphatic heterocycles. The number of imide groups is 1. The highest BCUT2D eigenvalue weighted by molar-refractivity contribution is 6.46. The summed E-state index contributed by atoms with van der Waals surface area (Å²) < 4.78 is 11.2. The number of amides is 2. The first-order valence-electron chi connectivity index (χ1n) is 10.1. The number of hydrogen-bond acceptors (Lipinski definition) is 5. The van der Waals surface area contributed by atoms with E-state index in [2.05, 4.69) is 5.32 Å². The van der Waals surface area contributed by atoms with Gasteiger partial charge in [-0.15, -0.1) is 0 Å². The predicted molar refractivity (Wildman–Crippen MR) is 123 cm³/mol. The topological polar surface area (TPSA) is 67.9 Å². The van der Waals surface area contributed by atoms with E-state index >= 15 is 0 Å². The SMILES string of the molecule is Cc1cc(Cl)ccc1N1C(=O)C(Nc2ccc3c(c2)OCCO3)=C(c2ccccc2)C1=O. The van der Waals surface area contributed by atoms with Crippen molar-refractivity contribution < 1.29 is 19.1 Å². The van der Waals surface area contributed by atoms with Crippen LogP contribution in [0.5, 0.6) is 11.5 Å². The van der Waals surface area contributed by atoms with Crippen molar-refractivity contribution in [1.82, 2.24) is 0 Å². The van der Waals surface area contributed by atoms with Crippen molar-refractivity contribution in [2.24, 2.45) is 0 Å². The highest BCUT2D eigenvalue weighted by Crippen LogP contribution is 2.37. The third-order valence-electron chi connectivity index (χ3n) is 5.36. The molecule has 3 aromatic rings. The molecule has 1 N–H and O–H groups in total. The summed E-state index contributed by atoms with van der Waals surface area (Å²) in [5, 5.41) is 3.69. The van der Waals surface area contributed by atoms with E-state index in [9.17, 15) is 9.59 Å². The van der Waals surface area contributed by atoms with Crippen LogP contribution in [0.15, 0.2) is 72.4 Å². The summed E-state index contributed by atoms with van der Waals surface area (Å²) >= 11 is 6.08. The first kappa shape index (κ1) is 20.2. The molecule has 0 aromatic heterocycles. The molecule has 2 heterocycles. The number of carbonyl (C=O) groups excluding carboxylic acids is 2. The molecule has 3 aromatic carbocycles. The van der Waals surface area contributed by atoms with Gasteiger partial charge < -0.3 is 14.8 Å². The first-order chi connectivity index (χ1) is 15.5. The Hall–Kier alpha value is -3.77. The molecule has 0 radical (unpaired) electrons. The van der Waals surface area contributed by atoms with Gasteiger partial charge in [0, 0.05) is 16.8 Å². The number of aryl methyl sites for hydroxylation is 1. The number of nitrogens with zero attached hydrogens (tertiary/aromatic N) is 1. The molecule has 0 fully saturated rings. The molecule has 7 heteroatoms. The largest absolute Gasteiger partial charge is 0.486 e. The fraction of sp³-hybridized carbons (Fsp3) is 0.120. The van der Waals surface area contributed by atoms with Crippen molar-refractivity contribution in [2.75, 3.05) is 23.4 Å². The fourth-order valence-corrected chi connectivity index (χ4v) is 4.10. The molecule has 0 aliphatic carbocycles. The van der Waals surface area contributed by atoms with Gasteiger partial charge in [0.2, 0.25) is 0 Å². The number of nitrogens with one attached hydrogen (secondary N) is 1. The van der Waals surface area contributed by atoms with Crippen LogP contribution in [0.4, 0.5) is 11.4 Å². The summed E-state index contributed by atoms with van der Waals surface area (Å²) in [6.07, 6.45) is 0. The van der Waals surface area contributed by atoms with E-state index in [1.807, 2.05) is 37.3 Å². The standard InChI is InChI=1S/C25H19ClN2O4/c1-15-13-17(26)7-9-19(15)28-24(29)22(16-5-3-2-4-6-16)23(25(28)30)27-18-8-10-20-21(14-18)32-12-11-31-20/h2-10,13-14,27H,11-12H2,1H3. The summed E-state index contributed by atoms with van der Waals surface area (Å²) in [4.78, 5) is 28.2. The van der Waals surface area contributed by atoms with Crippen LogP contribution in [0.25, 0.3) is 5.57 Å². The highest BCUT2D eigenvalue weighted by Gasteiger charge is 2.40. The predicted octanol–water partition coefficient (Wildman–Crippen LogP) is 4.82. The van der Waals surface area contributed by atoms with Crippen molar-refractivity contribution in [3.8, 4) is 11.5 Å². The zero-order chi connectivity index (χ0) is 22.2. The normalized spacial score (nSPS) is 15.4. The van der Waals surface area contributed by atoms with Crippen molar-refractivity contribution in [1.29, 1.82) is 0 Å². The molecule has 2 amide bonds. The van der Waals surface area contributed by atoms with Gasteiger partial charge in [-0.2, -0.15) is 0 Å². The smallest absolute Gasteiger partial charge is 0.282 e. The third-order valence-corrected chi connectivity index (χ3v) is 5.59. The highest BCUT2D eigenvalue weighted by atomic mass is 35.5. The Morgan fingerprint density at radius 3 is 2.38 bits per heavy atom. The van der Waals surface area contributed by atoms with Crippen LogP contribution in [0.3, 0.4) is 0 Å². The Morgan fingerprint density at radius 2 is 1.62 bits per heavy atom. The third kappa shape index (κ3) is 3.48. The molecule has 160 valence electrons. The summed E-state index contributed by atoms with van der Waals surface area (Å²) in [6, 6.07) is 19.6. The molecule has 0 saturated carbocycles. The van der Waals surface area contributed by atoms with Crippen molar-refractivity contribution in [2.45, 2.75) is 6.92 Å². The molecule has 6 nitrogen and oxygen atoms in total. The second kappa shape index (κ2) is 8.05. The maximum Gasteiger partial charge on any atom is 0.282 e. The summed E-state index contributed by atoms with van der Waals surface area (Å²) in [6.45, 7) is 2.76. The van der Waals surface area contributed by atoms with Gasteiger partial charge in [-0.25, -0.2) is 4.90 Å². The Labute approximate surface area is 190 Å². The molecule has 5 rings (SSSR count). The van der Waals surface area contributed by atoms with Gasteiger partial charge >= 0.3 is 0 Å². The van der Waals surface area contributed by atoms with Crippen LogP contribution in [0, 0.1) is 6.92 Å². The monoisotopic (exact) mass is 446 g/mol. The lowest BCUT2D eigenvalue weighted by atomic mass is 10.0. The van der Waals surface area contributed by atoms with Gasteiger partial charge in [0.15, 0.2) is 11.5 Å². The average Bonchev–Trinajstić information content (AvgIpc) is 3.04. The minimum absolute atomic E-state index is 0.201. The Balaban J connectivity index is 1.59. The van der Waals surface area contributed by atoms with Gasteiger partial charge in [-0.05, 0) is 48.4 Å². The number of anilines is 2. The van der Waals surface area contributed by atoms with Crippen molar-refractivity contribution >= 4 is 40.4 Å². The van der Waals surface area contributed by atoms with Gasteiger partial charge in [-0.3, -0.25) is 9.59 Å². The number of rotatable bonds is 4. The molecular weight excluding hydrogens is 428 g/mol. The quantitative estimate of drug-likeness (QED) is 0.582. The lowest BCUT2D eigenvalue weighted by molar-refractivity contribution is -0.120. The average molecular weight is 447 g/mol. The Bertz CT molecular complexity index is 1270. The molecular formula is C25H19ClN2O4. The minimum Gasteiger partial charge on any atom is -0.486 e. The van der Waals surface area contributed by atoms with E-state index < -0.39 is 11.8 Å². The van der Waals surface area contributed by atoms with Crippen LogP contribution in [0.1, 0.15) is 11.1 Å². The maximum atomic E-state index is 13.5. The zero-order valence-electron chi connectivity index (χ0n) is 17.2. The van der Waals surface area contributed by atoms with Crippen LogP contribution in [0.2, 0.25) is 5.02 Å². The van der Waals surface area contributed by atoms with E-state index in [1.54, 1.807) is 36.4 Å². The van der Waals surface area contributed by atoms with Gasteiger partial charge in [0.1, 0.15) is 18.9 Å². The number of carbonyl (C=O) groups is 2. The Morgan fingerprint density at radius 1 is 0.875 bits per heavy atom. The summed E-state index contributed by atoms with van der Waals surface area (Å²) in [5.74, 6) is 0.400. The van der Waals surface area contributed by atoms with Gasteiger partial charge in [0.05, 0.1) is 11.3 Å². The second-order valence-electron chi connectivity index (χ2n) is 7.48. The maximum absolute atomic E-state index is 13.5. The van der Waals surface area contributed by atoms with Crippen LogP contribution in [-0.4, -0.2) is 25.0 Å². The summed E-state index contributed by atoms with van der Waals surface area (Å²) in [7, 11) is 0. The van der Waals surface area contributed by atoms with Crippen molar-refractivity contribution in [3.63, 3.8) is 0 Å². The molecule has 2 aliphatic rings. The Kier molecular flexibility index (Phi) is 5.07. The lowest BCUT2D eigenvalue weighted by Crippen LogP contribution is -2.33. The van der Waals surface area contributed by atoms with Crippen LogP contribution in [-0.2, 0) is 9.59 Å². The number of hydrogen-bond donors (Lipinski definition) is 1. The summed E-state index contributed by atoms with van der Waals surface area (Å²) in [5.41, 5.74) is 3.00. The minimum atomic E-state index is -0.436. The number of halogens is 1. The molecule has 0 spiro atoms. The number of ether oxygens (including phenoxy) is 2. The molecule has 0 atom stereocenters. The number of benzene rings is 3. The van der Waals surface area contributed by atoms with E-state index in [-0.39, 0.29) is 5.70 Å².